The highest BCUT2D eigenvalue weighted by Crippen LogP contribution is 2.14. The monoisotopic (exact) mass is 219 g/mol. The molecule has 1 aromatic heterocycles. The van der Waals surface area contributed by atoms with Crippen molar-refractivity contribution in [2.75, 3.05) is 0 Å². The van der Waals surface area contributed by atoms with Gasteiger partial charge < -0.3 is 4.74 Å². The number of nitrogens with zero attached hydrogens (tertiary/aromatic N) is 1. The van der Waals surface area contributed by atoms with E-state index >= 15 is 0 Å². The number of aldehydes is 1. The largest absolute Gasteiger partial charge is 0.488 e. The second-order valence-electron chi connectivity index (χ2n) is 2.94. The van der Waals surface area contributed by atoms with E-state index in [-0.39, 0.29) is 0 Å². The molecule has 1 aromatic carbocycles. The van der Waals surface area contributed by atoms with Crippen LogP contribution < -0.4 is 4.74 Å². The molecule has 1 heterocycles. The van der Waals surface area contributed by atoms with E-state index in [2.05, 4.69) is 4.98 Å². The molecule has 0 fully saturated rings. The zero-order chi connectivity index (χ0) is 10.5. The van der Waals surface area contributed by atoms with Crippen LogP contribution >= 0.6 is 11.3 Å². The first kappa shape index (κ1) is 9.86. The van der Waals surface area contributed by atoms with Gasteiger partial charge in [0.05, 0.1) is 10.4 Å². The van der Waals surface area contributed by atoms with Gasteiger partial charge >= 0.3 is 0 Å². The molecular formula is C11H9NO2S. The zero-order valence-electron chi connectivity index (χ0n) is 7.92. The zero-order valence-corrected chi connectivity index (χ0v) is 8.74. The lowest BCUT2D eigenvalue weighted by molar-refractivity contribution is 0.112. The molecule has 0 atom stereocenters. The predicted molar refractivity (Wildman–Crippen MR) is 58.3 cm³/mol. The second kappa shape index (κ2) is 4.70. The fourth-order valence-corrected chi connectivity index (χ4v) is 1.62. The summed E-state index contributed by atoms with van der Waals surface area (Å²) >= 11 is 1.56. The maximum absolute atomic E-state index is 10.4. The van der Waals surface area contributed by atoms with E-state index in [0.29, 0.717) is 12.2 Å². The Bertz CT molecular complexity index is 422. The highest BCUT2D eigenvalue weighted by Gasteiger charge is 1.97. The Hall–Kier alpha value is -1.68. The van der Waals surface area contributed by atoms with E-state index in [1.807, 2.05) is 0 Å². The van der Waals surface area contributed by atoms with E-state index in [1.165, 1.54) is 0 Å². The summed E-state index contributed by atoms with van der Waals surface area (Å²) < 4.78 is 5.50. The van der Waals surface area contributed by atoms with Gasteiger partial charge in [0.15, 0.2) is 0 Å². The fraction of sp³-hybridized carbons (Fsp3) is 0.0909. The van der Waals surface area contributed by atoms with Gasteiger partial charge in [-0.2, -0.15) is 0 Å². The van der Waals surface area contributed by atoms with Crippen molar-refractivity contribution in [1.82, 2.24) is 4.98 Å². The maximum Gasteiger partial charge on any atom is 0.150 e. The summed E-state index contributed by atoms with van der Waals surface area (Å²) in [6, 6.07) is 7.03. The van der Waals surface area contributed by atoms with Gasteiger partial charge in [-0.15, -0.1) is 11.3 Å². The fourth-order valence-electron chi connectivity index (χ4n) is 1.11. The topological polar surface area (TPSA) is 39.2 Å². The molecule has 2 rings (SSSR count). The molecule has 0 bridgehead atoms. The summed E-state index contributed by atoms with van der Waals surface area (Å²) in [4.78, 5) is 15.4. The molecule has 0 saturated heterocycles. The molecule has 0 unspecified atom stereocenters. The van der Waals surface area contributed by atoms with E-state index < -0.39 is 0 Å². The van der Waals surface area contributed by atoms with Crippen molar-refractivity contribution in [3.63, 3.8) is 0 Å². The van der Waals surface area contributed by atoms with Gasteiger partial charge in [0.25, 0.3) is 0 Å². The molecule has 0 N–H and O–H groups in total. The van der Waals surface area contributed by atoms with E-state index in [0.717, 1.165) is 16.9 Å². The minimum Gasteiger partial charge on any atom is -0.488 e. The van der Waals surface area contributed by atoms with Crippen molar-refractivity contribution < 1.29 is 9.53 Å². The van der Waals surface area contributed by atoms with Crippen LogP contribution in [0.5, 0.6) is 5.75 Å². The van der Waals surface area contributed by atoms with Gasteiger partial charge in [0.1, 0.15) is 18.6 Å². The Morgan fingerprint density at radius 2 is 2.13 bits per heavy atom. The Balaban J connectivity index is 1.96. The van der Waals surface area contributed by atoms with Crippen molar-refractivity contribution in [3.8, 4) is 5.75 Å². The van der Waals surface area contributed by atoms with Crippen molar-refractivity contribution in [1.29, 1.82) is 0 Å². The Morgan fingerprint density at radius 3 is 2.73 bits per heavy atom. The molecule has 0 aliphatic rings. The summed E-state index contributed by atoms with van der Waals surface area (Å²) in [6.45, 7) is 0.519. The SMILES string of the molecule is O=Cc1ccc(OCc2cncs2)cc1. The molecule has 4 heteroatoms. The van der Waals surface area contributed by atoms with Crippen LogP contribution in [-0.4, -0.2) is 11.3 Å². The number of rotatable bonds is 4. The molecule has 0 aliphatic heterocycles. The summed E-state index contributed by atoms with van der Waals surface area (Å²) in [5.74, 6) is 0.758. The lowest BCUT2D eigenvalue weighted by Crippen LogP contribution is -1.92. The van der Waals surface area contributed by atoms with E-state index in [1.54, 1.807) is 47.3 Å². The number of hydrogen-bond donors (Lipinski definition) is 0. The average Bonchev–Trinajstić information content (AvgIpc) is 2.80. The number of hydrogen-bond acceptors (Lipinski definition) is 4. The van der Waals surface area contributed by atoms with E-state index in [4.69, 9.17) is 4.74 Å². The van der Waals surface area contributed by atoms with Gasteiger partial charge in [-0.1, -0.05) is 0 Å². The highest BCUT2D eigenvalue weighted by atomic mass is 32.1. The molecule has 2 aromatic rings. The molecule has 0 aliphatic carbocycles. The van der Waals surface area contributed by atoms with Crippen molar-refractivity contribution in [2.24, 2.45) is 0 Å². The molecule has 0 amide bonds. The molecule has 0 saturated carbocycles. The molecular weight excluding hydrogens is 210 g/mol. The first-order valence-corrected chi connectivity index (χ1v) is 5.32. The lowest BCUT2D eigenvalue weighted by atomic mass is 10.2. The summed E-state index contributed by atoms with van der Waals surface area (Å²) in [5.41, 5.74) is 2.42. The van der Waals surface area contributed by atoms with Crippen LogP contribution in [0.25, 0.3) is 0 Å². The third-order valence-corrected chi connectivity index (χ3v) is 2.63. The molecule has 76 valence electrons. The standard InChI is InChI=1S/C11H9NO2S/c13-6-9-1-3-10(4-2-9)14-7-11-5-12-8-15-11/h1-6,8H,7H2. The van der Waals surface area contributed by atoms with Gasteiger partial charge in [-0.05, 0) is 24.3 Å². The van der Waals surface area contributed by atoms with Crippen LogP contribution in [0.2, 0.25) is 0 Å². The van der Waals surface area contributed by atoms with Gasteiger partial charge in [-0.3, -0.25) is 9.78 Å². The van der Waals surface area contributed by atoms with Crippen LogP contribution in [0.4, 0.5) is 0 Å². The van der Waals surface area contributed by atoms with Gasteiger partial charge in [0, 0.05) is 11.8 Å². The number of aromatic nitrogens is 1. The number of ether oxygens (including phenoxy) is 1. The van der Waals surface area contributed by atoms with Crippen LogP contribution in [0.1, 0.15) is 15.2 Å². The first-order valence-electron chi connectivity index (χ1n) is 4.44. The normalized spacial score (nSPS) is 9.87. The van der Waals surface area contributed by atoms with Crippen molar-refractivity contribution >= 4 is 17.6 Å². The number of carbonyl (C=O) groups excluding carboxylic acids is 1. The Labute approximate surface area is 91.4 Å². The molecule has 3 nitrogen and oxygen atoms in total. The molecule has 0 radical (unpaired) electrons. The highest BCUT2D eigenvalue weighted by molar-refractivity contribution is 7.09. The van der Waals surface area contributed by atoms with Crippen LogP contribution in [0.15, 0.2) is 36.0 Å². The predicted octanol–water partition coefficient (Wildman–Crippen LogP) is 2.53. The third kappa shape index (κ3) is 2.63. The number of thiazole rings is 1. The Kier molecular flexibility index (Phi) is 3.09. The van der Waals surface area contributed by atoms with Crippen molar-refractivity contribution in [3.05, 3.63) is 46.4 Å². The first-order chi connectivity index (χ1) is 7.38. The van der Waals surface area contributed by atoms with Gasteiger partial charge in [-0.25, -0.2) is 0 Å². The summed E-state index contributed by atoms with van der Waals surface area (Å²) in [6.07, 6.45) is 2.59. The van der Waals surface area contributed by atoms with Gasteiger partial charge in [0.2, 0.25) is 0 Å². The quantitative estimate of drug-likeness (QED) is 0.742. The third-order valence-electron chi connectivity index (χ3n) is 1.88. The van der Waals surface area contributed by atoms with Crippen LogP contribution in [-0.2, 0) is 6.61 Å². The van der Waals surface area contributed by atoms with Crippen LogP contribution in [0.3, 0.4) is 0 Å². The minimum atomic E-state index is 0.519. The molecule has 0 spiro atoms. The van der Waals surface area contributed by atoms with Crippen molar-refractivity contribution in [2.45, 2.75) is 6.61 Å². The smallest absolute Gasteiger partial charge is 0.150 e. The molecule has 15 heavy (non-hydrogen) atoms. The minimum absolute atomic E-state index is 0.519. The second-order valence-corrected chi connectivity index (χ2v) is 3.91. The van der Waals surface area contributed by atoms with Crippen LogP contribution in [0, 0.1) is 0 Å². The maximum atomic E-state index is 10.4. The Morgan fingerprint density at radius 1 is 1.33 bits per heavy atom. The summed E-state index contributed by atoms with van der Waals surface area (Å²) in [7, 11) is 0. The number of benzene rings is 1. The summed E-state index contributed by atoms with van der Waals surface area (Å²) in [5, 5.41) is 0. The average molecular weight is 219 g/mol. The lowest BCUT2D eigenvalue weighted by Gasteiger charge is -2.03. The number of carbonyl (C=O) groups is 1. The van der Waals surface area contributed by atoms with E-state index in [9.17, 15) is 4.79 Å².